The number of fused-ring (bicyclic) bond motifs is 1. The Kier molecular flexibility index (Phi) is 5.31. The highest BCUT2D eigenvalue weighted by Crippen LogP contribution is 2.28. The van der Waals surface area contributed by atoms with Crippen LogP contribution in [0.25, 0.3) is 5.69 Å². The second-order valence-corrected chi connectivity index (χ2v) is 8.16. The van der Waals surface area contributed by atoms with Gasteiger partial charge in [0.15, 0.2) is 0 Å². The first-order valence-corrected chi connectivity index (χ1v) is 10.6. The molecule has 2 N–H and O–H groups in total. The highest BCUT2D eigenvalue weighted by molar-refractivity contribution is 6.10. The van der Waals surface area contributed by atoms with E-state index < -0.39 is 11.8 Å². The number of imide groups is 2. The van der Waals surface area contributed by atoms with Crippen molar-refractivity contribution in [2.24, 2.45) is 0 Å². The number of nitrogens with one attached hydrogen (secondary N) is 2. The lowest BCUT2D eigenvalue weighted by molar-refractivity contribution is -0.137. The number of imidazole rings is 1. The molecule has 2 aromatic carbocycles. The first kappa shape index (κ1) is 20.8. The maximum absolute atomic E-state index is 12.7. The molecule has 5 rings (SSSR count). The zero-order chi connectivity index (χ0) is 22.9. The second-order valence-electron chi connectivity index (χ2n) is 8.16. The van der Waals surface area contributed by atoms with Gasteiger partial charge in [-0.25, -0.2) is 4.98 Å². The van der Waals surface area contributed by atoms with Crippen molar-refractivity contribution in [3.05, 3.63) is 83.4 Å². The molecule has 1 unspecified atom stereocenters. The lowest BCUT2D eigenvalue weighted by Gasteiger charge is -2.29. The van der Waals surface area contributed by atoms with Crippen molar-refractivity contribution in [1.29, 1.82) is 0 Å². The van der Waals surface area contributed by atoms with Gasteiger partial charge in [0.25, 0.3) is 11.8 Å². The minimum atomic E-state index is -0.485. The van der Waals surface area contributed by atoms with Gasteiger partial charge in [-0.2, -0.15) is 0 Å². The molecule has 1 atom stereocenters. The molecule has 1 aromatic heterocycles. The Morgan fingerprint density at radius 1 is 0.970 bits per heavy atom. The Morgan fingerprint density at radius 2 is 1.70 bits per heavy atom. The van der Waals surface area contributed by atoms with E-state index in [1.165, 1.54) is 0 Å². The van der Waals surface area contributed by atoms with E-state index in [2.05, 4.69) is 15.6 Å². The number of nitrogens with zero attached hydrogens (tertiary/aromatic N) is 3. The first-order chi connectivity index (χ1) is 16.0. The fourth-order valence-corrected chi connectivity index (χ4v) is 4.26. The summed E-state index contributed by atoms with van der Waals surface area (Å²) in [4.78, 5) is 54.8. The SMILES string of the molecule is O=C1CCC(N2Cc3ccc(C(=O)NC(=O)c4ccc(-n5ccnc5)cc4)cc3C2)C(=O)N1. The van der Waals surface area contributed by atoms with Crippen LogP contribution < -0.4 is 10.6 Å². The largest absolute Gasteiger partial charge is 0.306 e. The van der Waals surface area contributed by atoms with Gasteiger partial charge in [0.1, 0.15) is 0 Å². The van der Waals surface area contributed by atoms with E-state index in [1.54, 1.807) is 55.1 Å². The van der Waals surface area contributed by atoms with Gasteiger partial charge < -0.3 is 4.57 Å². The van der Waals surface area contributed by atoms with E-state index in [9.17, 15) is 19.2 Å². The molecule has 0 saturated carbocycles. The number of amides is 4. The molecule has 0 radical (unpaired) electrons. The third kappa shape index (κ3) is 4.18. The van der Waals surface area contributed by atoms with Crippen LogP contribution in [0.2, 0.25) is 0 Å². The number of rotatable bonds is 4. The fourth-order valence-electron chi connectivity index (χ4n) is 4.26. The van der Waals surface area contributed by atoms with E-state index in [4.69, 9.17) is 0 Å². The maximum atomic E-state index is 12.7. The van der Waals surface area contributed by atoms with Gasteiger partial charge in [-0.15, -0.1) is 0 Å². The summed E-state index contributed by atoms with van der Waals surface area (Å²) in [5, 5.41) is 4.82. The number of aromatic nitrogens is 2. The molecular weight excluding hydrogens is 422 g/mol. The van der Waals surface area contributed by atoms with E-state index >= 15 is 0 Å². The Morgan fingerprint density at radius 3 is 2.42 bits per heavy atom. The molecule has 0 bridgehead atoms. The smallest absolute Gasteiger partial charge is 0.258 e. The molecule has 1 fully saturated rings. The highest BCUT2D eigenvalue weighted by atomic mass is 16.2. The molecule has 9 nitrogen and oxygen atoms in total. The van der Waals surface area contributed by atoms with Crippen LogP contribution >= 0.6 is 0 Å². The molecule has 0 aliphatic carbocycles. The minimum absolute atomic E-state index is 0.243. The van der Waals surface area contributed by atoms with Crippen LogP contribution in [0.5, 0.6) is 0 Å². The normalized spacial score (nSPS) is 18.0. The summed E-state index contributed by atoms with van der Waals surface area (Å²) < 4.78 is 1.81. The highest BCUT2D eigenvalue weighted by Gasteiger charge is 2.34. The van der Waals surface area contributed by atoms with E-state index in [-0.39, 0.29) is 17.9 Å². The summed E-state index contributed by atoms with van der Waals surface area (Å²) >= 11 is 0. The van der Waals surface area contributed by atoms with Gasteiger partial charge in [0.2, 0.25) is 11.8 Å². The van der Waals surface area contributed by atoms with Gasteiger partial charge in [0.05, 0.1) is 12.4 Å². The van der Waals surface area contributed by atoms with Crippen LogP contribution in [0.1, 0.15) is 44.7 Å². The van der Waals surface area contributed by atoms with Crippen molar-refractivity contribution in [1.82, 2.24) is 25.1 Å². The summed E-state index contributed by atoms with van der Waals surface area (Å²) in [5.41, 5.74) is 3.57. The summed E-state index contributed by atoms with van der Waals surface area (Å²) in [7, 11) is 0. The summed E-state index contributed by atoms with van der Waals surface area (Å²) in [6, 6.07) is 11.8. The van der Waals surface area contributed by atoms with Crippen molar-refractivity contribution >= 4 is 23.6 Å². The Hall–Kier alpha value is -4.11. The molecule has 3 heterocycles. The molecule has 3 aromatic rings. The molecule has 1 saturated heterocycles. The van der Waals surface area contributed by atoms with E-state index in [0.717, 1.165) is 16.8 Å². The van der Waals surface area contributed by atoms with Crippen molar-refractivity contribution in [3.8, 4) is 5.69 Å². The molecule has 2 aliphatic rings. The summed E-state index contributed by atoms with van der Waals surface area (Å²) in [6.45, 7) is 1.08. The van der Waals surface area contributed by atoms with Gasteiger partial charge in [-0.1, -0.05) is 6.07 Å². The van der Waals surface area contributed by atoms with Gasteiger partial charge in [-0.3, -0.25) is 34.7 Å². The Balaban J connectivity index is 1.24. The molecular formula is C24H21N5O4. The molecule has 4 amide bonds. The predicted octanol–water partition coefficient (Wildman–Crippen LogP) is 1.56. The molecule has 166 valence electrons. The van der Waals surface area contributed by atoms with Crippen LogP contribution in [0.3, 0.4) is 0 Å². The van der Waals surface area contributed by atoms with Crippen LogP contribution in [-0.4, -0.2) is 44.1 Å². The second kappa shape index (κ2) is 8.44. The van der Waals surface area contributed by atoms with Crippen molar-refractivity contribution < 1.29 is 19.2 Å². The number of hydrogen-bond donors (Lipinski definition) is 2. The quantitative estimate of drug-likeness (QED) is 0.592. The van der Waals surface area contributed by atoms with Gasteiger partial charge >= 0.3 is 0 Å². The third-order valence-electron chi connectivity index (χ3n) is 6.03. The van der Waals surface area contributed by atoms with E-state index in [0.29, 0.717) is 37.1 Å². The number of benzene rings is 2. The zero-order valence-corrected chi connectivity index (χ0v) is 17.7. The third-order valence-corrected chi connectivity index (χ3v) is 6.03. The lowest BCUT2D eigenvalue weighted by atomic mass is 10.0. The molecule has 0 spiro atoms. The van der Waals surface area contributed by atoms with Gasteiger partial charge in [-0.05, 0) is 53.9 Å². The number of hydrogen-bond acceptors (Lipinski definition) is 6. The topological polar surface area (TPSA) is 113 Å². The van der Waals surface area contributed by atoms with Crippen molar-refractivity contribution in [2.75, 3.05) is 0 Å². The fraction of sp³-hybridized carbons (Fsp3) is 0.208. The number of carbonyl (C=O) groups is 4. The van der Waals surface area contributed by atoms with Crippen LogP contribution in [0.4, 0.5) is 0 Å². The first-order valence-electron chi connectivity index (χ1n) is 10.6. The standard InChI is InChI=1S/C24H21N5O4/c30-21-8-7-20(24(33)26-21)29-12-17-2-1-16(11-18(17)13-29)23(32)27-22(31)15-3-5-19(6-4-15)28-10-9-25-14-28/h1-6,9-11,14,20H,7-8,12-13H2,(H,26,30,33)(H,27,31,32). The monoisotopic (exact) mass is 443 g/mol. The van der Waals surface area contributed by atoms with Crippen molar-refractivity contribution in [3.63, 3.8) is 0 Å². The number of carbonyl (C=O) groups excluding carboxylic acids is 4. The molecule has 2 aliphatic heterocycles. The molecule has 33 heavy (non-hydrogen) atoms. The molecule has 9 heteroatoms. The maximum Gasteiger partial charge on any atom is 0.258 e. The lowest BCUT2D eigenvalue weighted by Crippen LogP contribution is -2.50. The minimum Gasteiger partial charge on any atom is -0.306 e. The Bertz CT molecular complexity index is 1250. The summed E-state index contributed by atoms with van der Waals surface area (Å²) in [5.74, 6) is -1.49. The van der Waals surface area contributed by atoms with Gasteiger partial charge in [0, 0.05) is 48.7 Å². The van der Waals surface area contributed by atoms with Crippen LogP contribution in [0.15, 0.2) is 61.2 Å². The number of piperidine rings is 1. The average Bonchev–Trinajstić information content (AvgIpc) is 3.48. The van der Waals surface area contributed by atoms with Crippen molar-refractivity contribution in [2.45, 2.75) is 32.0 Å². The van der Waals surface area contributed by atoms with Crippen LogP contribution in [0, 0.1) is 0 Å². The predicted molar refractivity (Wildman–Crippen MR) is 117 cm³/mol. The summed E-state index contributed by atoms with van der Waals surface area (Å²) in [6.07, 6.45) is 5.93. The van der Waals surface area contributed by atoms with E-state index in [1.807, 2.05) is 15.5 Å². The average molecular weight is 443 g/mol. The Labute approximate surface area is 189 Å². The zero-order valence-electron chi connectivity index (χ0n) is 17.7. The van der Waals surface area contributed by atoms with Crippen LogP contribution in [-0.2, 0) is 22.7 Å².